The number of nitrogens with one attached hydrogen (secondary N) is 1. The van der Waals surface area contributed by atoms with E-state index in [9.17, 15) is 0 Å². The number of rotatable bonds is 4. The second-order valence-corrected chi connectivity index (χ2v) is 4.58. The molecule has 1 aliphatic rings. The van der Waals surface area contributed by atoms with Crippen molar-refractivity contribution >= 4 is 0 Å². The Morgan fingerprint density at radius 3 is 2.58 bits per heavy atom. The summed E-state index contributed by atoms with van der Waals surface area (Å²) in [5, 5.41) is 3.24. The normalized spacial score (nSPS) is 30.0. The molecule has 72 valence electrons. The lowest BCUT2D eigenvalue weighted by molar-refractivity contribution is 0.372. The molecule has 0 heterocycles. The zero-order chi connectivity index (χ0) is 8.97. The fourth-order valence-electron chi connectivity index (χ4n) is 2.33. The minimum atomic E-state index is 0.907. The highest BCUT2D eigenvalue weighted by atomic mass is 14.8. The Bertz CT molecular complexity index is 120. The van der Waals surface area contributed by atoms with E-state index in [1.807, 2.05) is 0 Å². The zero-order valence-corrected chi connectivity index (χ0v) is 8.77. The standard InChI is InChI=1S/C11H23N/c1-9(2)11-5-4-10(8-11)6-7-12-3/h9-12H,4-8H2,1-3H3/t10?,11-/m1/s1. The van der Waals surface area contributed by atoms with Crippen LogP contribution in [-0.2, 0) is 0 Å². The van der Waals surface area contributed by atoms with Gasteiger partial charge >= 0.3 is 0 Å². The van der Waals surface area contributed by atoms with E-state index in [-0.39, 0.29) is 0 Å². The van der Waals surface area contributed by atoms with Crippen LogP contribution >= 0.6 is 0 Å². The van der Waals surface area contributed by atoms with Crippen molar-refractivity contribution in [2.45, 2.75) is 39.5 Å². The van der Waals surface area contributed by atoms with Crippen LogP contribution in [-0.4, -0.2) is 13.6 Å². The van der Waals surface area contributed by atoms with E-state index in [0.29, 0.717) is 0 Å². The summed E-state index contributed by atoms with van der Waals surface area (Å²) in [6.07, 6.45) is 5.83. The molecule has 2 atom stereocenters. The molecule has 1 unspecified atom stereocenters. The summed E-state index contributed by atoms with van der Waals surface area (Å²) in [5.74, 6) is 2.95. The third-order valence-corrected chi connectivity index (χ3v) is 3.33. The second-order valence-electron chi connectivity index (χ2n) is 4.58. The first kappa shape index (κ1) is 10.0. The minimum absolute atomic E-state index is 0.907. The molecule has 1 nitrogen and oxygen atoms in total. The van der Waals surface area contributed by atoms with Crippen LogP contribution in [0.15, 0.2) is 0 Å². The fraction of sp³-hybridized carbons (Fsp3) is 1.00. The highest BCUT2D eigenvalue weighted by Crippen LogP contribution is 2.36. The van der Waals surface area contributed by atoms with Crippen LogP contribution in [0.25, 0.3) is 0 Å². The summed E-state index contributed by atoms with van der Waals surface area (Å²) in [5.41, 5.74) is 0. The Kier molecular flexibility index (Phi) is 4.07. The molecule has 1 aliphatic carbocycles. The largest absolute Gasteiger partial charge is 0.320 e. The van der Waals surface area contributed by atoms with E-state index in [1.165, 1.54) is 32.2 Å². The third kappa shape index (κ3) is 2.78. The number of hydrogen-bond donors (Lipinski definition) is 1. The second kappa shape index (κ2) is 4.86. The van der Waals surface area contributed by atoms with Crippen LogP contribution < -0.4 is 5.32 Å². The van der Waals surface area contributed by atoms with Crippen molar-refractivity contribution in [3.05, 3.63) is 0 Å². The average Bonchev–Trinajstić information content (AvgIpc) is 2.48. The van der Waals surface area contributed by atoms with Crippen molar-refractivity contribution in [3.63, 3.8) is 0 Å². The highest BCUT2D eigenvalue weighted by molar-refractivity contribution is 4.77. The van der Waals surface area contributed by atoms with Crippen molar-refractivity contribution in [1.82, 2.24) is 5.32 Å². The van der Waals surface area contributed by atoms with Crippen molar-refractivity contribution < 1.29 is 0 Å². The molecule has 1 heteroatoms. The van der Waals surface area contributed by atoms with Crippen LogP contribution in [0.1, 0.15) is 39.5 Å². The molecular formula is C11H23N. The third-order valence-electron chi connectivity index (χ3n) is 3.33. The number of hydrogen-bond acceptors (Lipinski definition) is 1. The molecule has 0 spiro atoms. The first-order valence-corrected chi connectivity index (χ1v) is 5.38. The van der Waals surface area contributed by atoms with Gasteiger partial charge in [0.2, 0.25) is 0 Å². The van der Waals surface area contributed by atoms with Crippen LogP contribution in [0.3, 0.4) is 0 Å². The van der Waals surface area contributed by atoms with E-state index in [1.54, 1.807) is 0 Å². The van der Waals surface area contributed by atoms with Gasteiger partial charge in [-0.05, 0) is 50.6 Å². The molecule has 0 amide bonds. The lowest BCUT2D eigenvalue weighted by atomic mass is 9.93. The van der Waals surface area contributed by atoms with E-state index in [0.717, 1.165) is 17.8 Å². The molecule has 0 aromatic carbocycles. The van der Waals surface area contributed by atoms with E-state index >= 15 is 0 Å². The summed E-state index contributed by atoms with van der Waals surface area (Å²) in [6.45, 7) is 5.94. The van der Waals surface area contributed by atoms with Gasteiger partial charge in [0.05, 0.1) is 0 Å². The van der Waals surface area contributed by atoms with Gasteiger partial charge in [-0.3, -0.25) is 0 Å². The summed E-state index contributed by atoms with van der Waals surface area (Å²) in [4.78, 5) is 0. The summed E-state index contributed by atoms with van der Waals surface area (Å²) >= 11 is 0. The van der Waals surface area contributed by atoms with Crippen molar-refractivity contribution in [2.24, 2.45) is 17.8 Å². The van der Waals surface area contributed by atoms with Gasteiger partial charge in [-0.25, -0.2) is 0 Å². The lowest BCUT2D eigenvalue weighted by Crippen LogP contribution is -2.12. The van der Waals surface area contributed by atoms with Crippen molar-refractivity contribution in [2.75, 3.05) is 13.6 Å². The zero-order valence-electron chi connectivity index (χ0n) is 8.77. The smallest absolute Gasteiger partial charge is 0.00493 e. The van der Waals surface area contributed by atoms with Gasteiger partial charge in [0.25, 0.3) is 0 Å². The van der Waals surface area contributed by atoms with Crippen molar-refractivity contribution in [3.8, 4) is 0 Å². The van der Waals surface area contributed by atoms with Crippen LogP contribution in [0, 0.1) is 17.8 Å². The summed E-state index contributed by atoms with van der Waals surface area (Å²) in [6, 6.07) is 0. The van der Waals surface area contributed by atoms with Gasteiger partial charge < -0.3 is 5.32 Å². The maximum atomic E-state index is 3.24. The Morgan fingerprint density at radius 1 is 1.33 bits per heavy atom. The predicted molar refractivity (Wildman–Crippen MR) is 54.2 cm³/mol. The molecule has 1 fully saturated rings. The van der Waals surface area contributed by atoms with Gasteiger partial charge in [0.1, 0.15) is 0 Å². The van der Waals surface area contributed by atoms with Gasteiger partial charge in [-0.2, -0.15) is 0 Å². The Labute approximate surface area is 76.9 Å². The van der Waals surface area contributed by atoms with Gasteiger partial charge in [0, 0.05) is 0 Å². The summed E-state index contributed by atoms with van der Waals surface area (Å²) < 4.78 is 0. The van der Waals surface area contributed by atoms with Crippen LogP contribution in [0.4, 0.5) is 0 Å². The van der Waals surface area contributed by atoms with Crippen LogP contribution in [0.2, 0.25) is 0 Å². The maximum Gasteiger partial charge on any atom is -0.00493 e. The average molecular weight is 169 g/mol. The molecule has 0 saturated heterocycles. The predicted octanol–water partition coefficient (Wildman–Crippen LogP) is 2.67. The molecule has 1 rings (SSSR count). The first-order chi connectivity index (χ1) is 5.74. The fourth-order valence-corrected chi connectivity index (χ4v) is 2.33. The van der Waals surface area contributed by atoms with E-state index < -0.39 is 0 Å². The molecule has 0 aromatic heterocycles. The molecule has 0 bridgehead atoms. The van der Waals surface area contributed by atoms with Crippen LogP contribution in [0.5, 0.6) is 0 Å². The molecule has 0 radical (unpaired) electrons. The molecule has 1 saturated carbocycles. The first-order valence-electron chi connectivity index (χ1n) is 5.38. The lowest BCUT2D eigenvalue weighted by Gasteiger charge is -2.14. The van der Waals surface area contributed by atoms with Crippen molar-refractivity contribution in [1.29, 1.82) is 0 Å². The topological polar surface area (TPSA) is 12.0 Å². The minimum Gasteiger partial charge on any atom is -0.320 e. The quantitative estimate of drug-likeness (QED) is 0.682. The summed E-state index contributed by atoms with van der Waals surface area (Å²) in [7, 11) is 2.05. The van der Waals surface area contributed by atoms with Gasteiger partial charge in [-0.1, -0.05) is 20.3 Å². The molecule has 1 N–H and O–H groups in total. The maximum absolute atomic E-state index is 3.24. The van der Waals surface area contributed by atoms with E-state index in [2.05, 4.69) is 26.2 Å². The molecule has 0 aliphatic heterocycles. The Hall–Kier alpha value is -0.0400. The highest BCUT2D eigenvalue weighted by Gasteiger charge is 2.25. The van der Waals surface area contributed by atoms with Gasteiger partial charge in [0.15, 0.2) is 0 Å². The molecule has 0 aromatic rings. The SMILES string of the molecule is CNCCC1CC[C@@H](C(C)C)C1. The Balaban J connectivity index is 2.17. The molecular weight excluding hydrogens is 146 g/mol. The monoisotopic (exact) mass is 169 g/mol. The molecule has 12 heavy (non-hydrogen) atoms. The van der Waals surface area contributed by atoms with Gasteiger partial charge in [-0.15, -0.1) is 0 Å². The Morgan fingerprint density at radius 2 is 2.08 bits per heavy atom. The van der Waals surface area contributed by atoms with E-state index in [4.69, 9.17) is 0 Å².